The van der Waals surface area contributed by atoms with Crippen molar-refractivity contribution in [2.24, 2.45) is 5.92 Å². The van der Waals surface area contributed by atoms with E-state index in [1.54, 1.807) is 18.2 Å². The van der Waals surface area contributed by atoms with Crippen molar-refractivity contribution in [3.8, 4) is 0 Å². The summed E-state index contributed by atoms with van der Waals surface area (Å²) in [5, 5.41) is 2.87. The van der Waals surface area contributed by atoms with E-state index in [0.717, 1.165) is 26.1 Å². The molecule has 1 N–H and O–H groups in total. The Morgan fingerprint density at radius 1 is 0.966 bits per heavy atom. The minimum Gasteiger partial charge on any atom is -0.351 e. The molecule has 0 bridgehead atoms. The number of aromatic nitrogens is 1. The monoisotopic (exact) mass is 394 g/mol. The van der Waals surface area contributed by atoms with Crippen molar-refractivity contribution in [3.63, 3.8) is 0 Å². The second-order valence-electron chi connectivity index (χ2n) is 7.90. The van der Waals surface area contributed by atoms with Crippen LogP contribution in [0.15, 0.2) is 48.5 Å². The molecule has 2 aromatic rings. The largest absolute Gasteiger partial charge is 0.351 e. The van der Waals surface area contributed by atoms with E-state index in [2.05, 4.69) is 41.2 Å². The maximum Gasteiger partial charge on any atom is 0.272 e. The quantitative estimate of drug-likeness (QED) is 0.784. The minimum atomic E-state index is -0.229. The highest BCUT2D eigenvalue weighted by Gasteiger charge is 2.23. The van der Waals surface area contributed by atoms with E-state index in [9.17, 15) is 9.59 Å². The van der Waals surface area contributed by atoms with Crippen LogP contribution in [0.3, 0.4) is 0 Å². The number of nitrogens with one attached hydrogen (secondary N) is 1. The predicted molar refractivity (Wildman–Crippen MR) is 114 cm³/mol. The number of hydrogen-bond donors (Lipinski definition) is 1. The lowest BCUT2D eigenvalue weighted by atomic mass is 10.1. The standard InChI is InChI=1S/C23H30N4O2/c1-18(2)11-12-24-22(28)20-9-6-10-21(25-20)23(29)27-15-13-26(14-16-27)17-19-7-4-3-5-8-19/h3-10,18H,11-17H2,1-2H3,(H,24,28). The van der Waals surface area contributed by atoms with Gasteiger partial charge < -0.3 is 10.2 Å². The van der Waals surface area contributed by atoms with Crippen LogP contribution in [-0.4, -0.2) is 59.3 Å². The van der Waals surface area contributed by atoms with E-state index in [0.29, 0.717) is 36.9 Å². The number of nitrogens with zero attached hydrogens (tertiary/aromatic N) is 3. The van der Waals surface area contributed by atoms with Gasteiger partial charge in [-0.2, -0.15) is 0 Å². The van der Waals surface area contributed by atoms with E-state index >= 15 is 0 Å². The maximum atomic E-state index is 12.9. The third-order valence-corrected chi connectivity index (χ3v) is 5.12. The summed E-state index contributed by atoms with van der Waals surface area (Å²) in [6.45, 7) is 8.72. The molecule has 1 aromatic heterocycles. The van der Waals surface area contributed by atoms with Crippen LogP contribution in [0.2, 0.25) is 0 Å². The highest BCUT2D eigenvalue weighted by Crippen LogP contribution is 2.11. The molecule has 0 unspecified atom stereocenters. The first-order valence-corrected chi connectivity index (χ1v) is 10.3. The number of rotatable bonds is 7. The molecular formula is C23H30N4O2. The van der Waals surface area contributed by atoms with Gasteiger partial charge in [-0.3, -0.25) is 14.5 Å². The van der Waals surface area contributed by atoms with Gasteiger partial charge in [0.25, 0.3) is 11.8 Å². The van der Waals surface area contributed by atoms with Gasteiger partial charge in [0.2, 0.25) is 0 Å². The summed E-state index contributed by atoms with van der Waals surface area (Å²) in [6, 6.07) is 15.4. The summed E-state index contributed by atoms with van der Waals surface area (Å²) < 4.78 is 0. The normalized spacial score (nSPS) is 14.8. The zero-order chi connectivity index (χ0) is 20.6. The summed E-state index contributed by atoms with van der Waals surface area (Å²) in [6.07, 6.45) is 0.914. The van der Waals surface area contributed by atoms with Crippen LogP contribution in [0.4, 0.5) is 0 Å². The molecule has 0 saturated carbocycles. The van der Waals surface area contributed by atoms with E-state index in [-0.39, 0.29) is 11.8 Å². The van der Waals surface area contributed by atoms with Gasteiger partial charge in [0.15, 0.2) is 0 Å². The fourth-order valence-electron chi connectivity index (χ4n) is 3.36. The number of amides is 2. The van der Waals surface area contributed by atoms with Crippen LogP contribution in [0.1, 0.15) is 46.8 Å². The van der Waals surface area contributed by atoms with Crippen molar-refractivity contribution < 1.29 is 9.59 Å². The molecule has 0 radical (unpaired) electrons. The Kier molecular flexibility index (Phi) is 7.36. The fraction of sp³-hybridized carbons (Fsp3) is 0.435. The van der Waals surface area contributed by atoms with Crippen molar-refractivity contribution in [1.82, 2.24) is 20.1 Å². The summed E-state index contributed by atoms with van der Waals surface area (Å²) in [7, 11) is 0. The molecule has 2 heterocycles. The number of carbonyl (C=O) groups excluding carboxylic acids is 2. The second kappa shape index (κ2) is 10.2. The lowest BCUT2D eigenvalue weighted by Crippen LogP contribution is -2.48. The summed E-state index contributed by atoms with van der Waals surface area (Å²) >= 11 is 0. The molecule has 1 aromatic carbocycles. The van der Waals surface area contributed by atoms with Crippen molar-refractivity contribution in [2.45, 2.75) is 26.8 Å². The Balaban J connectivity index is 1.53. The molecule has 2 amide bonds. The van der Waals surface area contributed by atoms with E-state index in [1.165, 1.54) is 5.56 Å². The first-order chi connectivity index (χ1) is 14.0. The molecule has 1 aliphatic heterocycles. The summed E-state index contributed by atoms with van der Waals surface area (Å²) in [5.74, 6) is 0.186. The molecule has 1 aliphatic rings. The van der Waals surface area contributed by atoms with Crippen LogP contribution in [0.5, 0.6) is 0 Å². The fourth-order valence-corrected chi connectivity index (χ4v) is 3.36. The van der Waals surface area contributed by atoms with Gasteiger partial charge in [-0.15, -0.1) is 0 Å². The Labute approximate surface area is 172 Å². The van der Waals surface area contributed by atoms with Crippen molar-refractivity contribution in [1.29, 1.82) is 0 Å². The van der Waals surface area contributed by atoms with Crippen LogP contribution in [-0.2, 0) is 6.54 Å². The molecule has 6 nitrogen and oxygen atoms in total. The van der Waals surface area contributed by atoms with Crippen LogP contribution < -0.4 is 5.32 Å². The first kappa shape index (κ1) is 21.0. The molecular weight excluding hydrogens is 364 g/mol. The Hall–Kier alpha value is -2.73. The first-order valence-electron chi connectivity index (χ1n) is 10.3. The average Bonchev–Trinajstić information content (AvgIpc) is 2.74. The van der Waals surface area contributed by atoms with Gasteiger partial charge in [0.05, 0.1) is 0 Å². The number of carbonyl (C=O) groups is 2. The molecule has 29 heavy (non-hydrogen) atoms. The van der Waals surface area contributed by atoms with Gasteiger partial charge in [0, 0.05) is 39.3 Å². The van der Waals surface area contributed by atoms with Gasteiger partial charge in [-0.25, -0.2) is 4.98 Å². The Morgan fingerprint density at radius 3 is 2.34 bits per heavy atom. The van der Waals surface area contributed by atoms with Gasteiger partial charge >= 0.3 is 0 Å². The lowest BCUT2D eigenvalue weighted by molar-refractivity contribution is 0.0622. The highest BCUT2D eigenvalue weighted by molar-refractivity contribution is 5.96. The molecule has 3 rings (SSSR count). The van der Waals surface area contributed by atoms with Crippen LogP contribution in [0, 0.1) is 5.92 Å². The number of pyridine rings is 1. The molecule has 1 saturated heterocycles. The molecule has 0 aliphatic carbocycles. The van der Waals surface area contributed by atoms with Gasteiger partial charge in [-0.1, -0.05) is 50.2 Å². The smallest absolute Gasteiger partial charge is 0.272 e. The Morgan fingerprint density at radius 2 is 1.66 bits per heavy atom. The summed E-state index contributed by atoms with van der Waals surface area (Å²) in [4.78, 5) is 33.6. The van der Waals surface area contributed by atoms with E-state index < -0.39 is 0 Å². The number of piperazine rings is 1. The highest BCUT2D eigenvalue weighted by atomic mass is 16.2. The van der Waals surface area contributed by atoms with Gasteiger partial charge in [0.1, 0.15) is 11.4 Å². The van der Waals surface area contributed by atoms with Gasteiger partial charge in [-0.05, 0) is 30.0 Å². The number of hydrogen-bond acceptors (Lipinski definition) is 4. The third-order valence-electron chi connectivity index (χ3n) is 5.12. The minimum absolute atomic E-state index is 0.110. The molecule has 6 heteroatoms. The van der Waals surface area contributed by atoms with Crippen molar-refractivity contribution >= 4 is 11.8 Å². The van der Waals surface area contributed by atoms with E-state index in [1.807, 2.05) is 23.1 Å². The van der Waals surface area contributed by atoms with Crippen LogP contribution >= 0.6 is 0 Å². The second-order valence-corrected chi connectivity index (χ2v) is 7.90. The maximum absolute atomic E-state index is 12.9. The zero-order valence-electron chi connectivity index (χ0n) is 17.3. The van der Waals surface area contributed by atoms with Crippen molar-refractivity contribution in [2.75, 3.05) is 32.7 Å². The van der Waals surface area contributed by atoms with E-state index in [4.69, 9.17) is 0 Å². The zero-order valence-corrected chi connectivity index (χ0v) is 17.3. The lowest BCUT2D eigenvalue weighted by Gasteiger charge is -2.34. The van der Waals surface area contributed by atoms with Crippen LogP contribution in [0.25, 0.3) is 0 Å². The SMILES string of the molecule is CC(C)CCNC(=O)c1cccc(C(=O)N2CCN(Cc3ccccc3)CC2)n1. The molecule has 154 valence electrons. The molecule has 0 spiro atoms. The molecule has 0 atom stereocenters. The predicted octanol–water partition coefficient (Wildman–Crippen LogP) is 2.82. The Bertz CT molecular complexity index is 815. The van der Waals surface area contributed by atoms with Crippen molar-refractivity contribution in [3.05, 3.63) is 65.5 Å². The average molecular weight is 395 g/mol. The molecule has 1 fully saturated rings. The third kappa shape index (κ3) is 6.12. The number of benzene rings is 1. The topological polar surface area (TPSA) is 65.5 Å². The summed E-state index contributed by atoms with van der Waals surface area (Å²) in [5.41, 5.74) is 1.91.